The van der Waals surface area contributed by atoms with E-state index in [-0.39, 0.29) is 18.5 Å². The molecule has 2 aromatic carbocycles. The zero-order valence-corrected chi connectivity index (χ0v) is 11.3. The molecule has 0 atom stereocenters. The number of nitrogens with one attached hydrogen (secondary N) is 1. The molecule has 0 saturated carbocycles. The summed E-state index contributed by atoms with van der Waals surface area (Å²) in [5, 5.41) is 2.73. The number of carbonyl (C=O) groups excluding carboxylic acids is 1. The molecule has 3 rings (SSSR count). The Morgan fingerprint density at radius 3 is 2.67 bits per heavy atom. The first kappa shape index (κ1) is 13.4. The molecule has 0 aliphatic carbocycles. The molecular formula is C16H14FNO3. The fourth-order valence-electron chi connectivity index (χ4n) is 2.11. The van der Waals surface area contributed by atoms with Gasteiger partial charge in [-0.3, -0.25) is 4.79 Å². The molecule has 1 amide bonds. The van der Waals surface area contributed by atoms with E-state index in [9.17, 15) is 9.18 Å². The lowest BCUT2D eigenvalue weighted by atomic mass is 10.1. The number of benzene rings is 2. The molecule has 5 heteroatoms. The summed E-state index contributed by atoms with van der Waals surface area (Å²) < 4.78 is 23.3. The molecule has 2 aromatic rings. The van der Waals surface area contributed by atoms with E-state index < -0.39 is 0 Å². The van der Waals surface area contributed by atoms with Gasteiger partial charge >= 0.3 is 0 Å². The van der Waals surface area contributed by atoms with E-state index in [2.05, 4.69) is 5.32 Å². The molecule has 0 aromatic heterocycles. The van der Waals surface area contributed by atoms with Gasteiger partial charge in [0.15, 0.2) is 11.5 Å². The molecule has 1 aliphatic heterocycles. The SMILES string of the molecule is O=C(CCc1ccc2c(c1)OCO2)Nc1ccc(F)cc1. The molecule has 1 heterocycles. The summed E-state index contributed by atoms with van der Waals surface area (Å²) in [5.41, 5.74) is 1.60. The predicted molar refractivity (Wildman–Crippen MR) is 75.9 cm³/mol. The summed E-state index contributed by atoms with van der Waals surface area (Å²) in [7, 11) is 0. The predicted octanol–water partition coefficient (Wildman–Crippen LogP) is 3.13. The standard InChI is InChI=1S/C16H14FNO3/c17-12-3-5-13(6-4-12)18-16(19)8-2-11-1-7-14-15(9-11)21-10-20-14/h1,3-7,9H,2,8,10H2,(H,18,19). The molecule has 1 N–H and O–H groups in total. The summed E-state index contributed by atoms with van der Waals surface area (Å²) >= 11 is 0. The van der Waals surface area contributed by atoms with E-state index in [0.717, 1.165) is 11.3 Å². The van der Waals surface area contributed by atoms with E-state index in [1.807, 2.05) is 18.2 Å². The van der Waals surface area contributed by atoms with Gasteiger partial charge in [0, 0.05) is 12.1 Å². The zero-order valence-electron chi connectivity index (χ0n) is 11.3. The van der Waals surface area contributed by atoms with Crippen molar-refractivity contribution in [1.82, 2.24) is 0 Å². The first-order valence-corrected chi connectivity index (χ1v) is 6.65. The second-order valence-electron chi connectivity index (χ2n) is 4.74. The van der Waals surface area contributed by atoms with Gasteiger partial charge in [-0.2, -0.15) is 0 Å². The van der Waals surface area contributed by atoms with Crippen molar-refractivity contribution in [3.05, 3.63) is 53.8 Å². The second kappa shape index (κ2) is 5.83. The van der Waals surface area contributed by atoms with Gasteiger partial charge in [0.25, 0.3) is 0 Å². The fraction of sp³-hybridized carbons (Fsp3) is 0.188. The summed E-state index contributed by atoms with van der Waals surface area (Å²) in [6.07, 6.45) is 0.945. The van der Waals surface area contributed by atoms with Crippen molar-refractivity contribution in [2.75, 3.05) is 12.1 Å². The minimum absolute atomic E-state index is 0.112. The van der Waals surface area contributed by atoms with Crippen LogP contribution in [0.5, 0.6) is 11.5 Å². The maximum absolute atomic E-state index is 12.8. The molecule has 0 spiro atoms. The van der Waals surface area contributed by atoms with Gasteiger partial charge in [-0.15, -0.1) is 0 Å². The second-order valence-corrected chi connectivity index (χ2v) is 4.74. The van der Waals surface area contributed by atoms with Crippen molar-refractivity contribution in [3.8, 4) is 11.5 Å². The Labute approximate surface area is 121 Å². The summed E-state index contributed by atoms with van der Waals surface area (Å²) in [6, 6.07) is 11.3. The van der Waals surface area contributed by atoms with Crippen LogP contribution in [0.1, 0.15) is 12.0 Å². The monoisotopic (exact) mass is 287 g/mol. The van der Waals surface area contributed by atoms with Crippen LogP contribution < -0.4 is 14.8 Å². The van der Waals surface area contributed by atoms with Crippen LogP contribution in [0.15, 0.2) is 42.5 Å². The largest absolute Gasteiger partial charge is 0.454 e. The third-order valence-electron chi connectivity index (χ3n) is 3.21. The third-order valence-corrected chi connectivity index (χ3v) is 3.21. The number of aryl methyl sites for hydroxylation is 1. The van der Waals surface area contributed by atoms with Gasteiger partial charge in [-0.05, 0) is 48.4 Å². The number of fused-ring (bicyclic) bond motifs is 1. The van der Waals surface area contributed by atoms with Gasteiger partial charge in [0.05, 0.1) is 0 Å². The van der Waals surface area contributed by atoms with Crippen LogP contribution in [0.3, 0.4) is 0 Å². The number of carbonyl (C=O) groups is 1. The van der Waals surface area contributed by atoms with Gasteiger partial charge in [0.2, 0.25) is 12.7 Å². The maximum atomic E-state index is 12.8. The van der Waals surface area contributed by atoms with E-state index in [4.69, 9.17) is 9.47 Å². The highest BCUT2D eigenvalue weighted by Crippen LogP contribution is 2.32. The number of amides is 1. The van der Waals surface area contributed by atoms with Crippen LogP contribution in [0, 0.1) is 5.82 Å². The van der Waals surface area contributed by atoms with Crippen molar-refractivity contribution < 1.29 is 18.7 Å². The Balaban J connectivity index is 1.55. The molecule has 0 radical (unpaired) electrons. The Bertz CT molecular complexity index is 655. The number of hydrogen-bond donors (Lipinski definition) is 1. The minimum atomic E-state index is -0.326. The average Bonchev–Trinajstić information content (AvgIpc) is 2.95. The Morgan fingerprint density at radius 2 is 1.86 bits per heavy atom. The smallest absolute Gasteiger partial charge is 0.231 e. The van der Waals surface area contributed by atoms with Gasteiger partial charge in [-0.25, -0.2) is 4.39 Å². The molecule has 0 bridgehead atoms. The zero-order chi connectivity index (χ0) is 14.7. The number of hydrogen-bond acceptors (Lipinski definition) is 3. The number of halogens is 1. The van der Waals surface area contributed by atoms with E-state index in [0.29, 0.717) is 24.3 Å². The quantitative estimate of drug-likeness (QED) is 0.939. The number of anilines is 1. The Kier molecular flexibility index (Phi) is 3.73. The highest BCUT2D eigenvalue weighted by molar-refractivity contribution is 5.90. The molecule has 1 aliphatic rings. The van der Waals surface area contributed by atoms with Crippen molar-refractivity contribution in [3.63, 3.8) is 0 Å². The van der Waals surface area contributed by atoms with Crippen molar-refractivity contribution >= 4 is 11.6 Å². The number of ether oxygens (including phenoxy) is 2. The molecule has 0 saturated heterocycles. The van der Waals surface area contributed by atoms with Gasteiger partial charge in [0.1, 0.15) is 5.82 Å². The van der Waals surface area contributed by atoms with Crippen LogP contribution >= 0.6 is 0 Å². The summed E-state index contributed by atoms with van der Waals surface area (Å²) in [4.78, 5) is 11.8. The average molecular weight is 287 g/mol. The summed E-state index contributed by atoms with van der Waals surface area (Å²) in [5.74, 6) is 1.01. The number of rotatable bonds is 4. The first-order chi connectivity index (χ1) is 10.2. The molecule has 108 valence electrons. The normalized spacial score (nSPS) is 12.2. The first-order valence-electron chi connectivity index (χ1n) is 6.65. The fourth-order valence-corrected chi connectivity index (χ4v) is 2.11. The van der Waals surface area contributed by atoms with Gasteiger partial charge < -0.3 is 14.8 Å². The lowest BCUT2D eigenvalue weighted by Crippen LogP contribution is -2.12. The molecule has 0 unspecified atom stereocenters. The van der Waals surface area contributed by atoms with Crippen LogP contribution in [0.2, 0.25) is 0 Å². The van der Waals surface area contributed by atoms with Crippen LogP contribution in [0.4, 0.5) is 10.1 Å². The Morgan fingerprint density at radius 1 is 1.10 bits per heavy atom. The molecule has 0 fully saturated rings. The topological polar surface area (TPSA) is 47.6 Å². The third kappa shape index (κ3) is 3.31. The molecule has 21 heavy (non-hydrogen) atoms. The maximum Gasteiger partial charge on any atom is 0.231 e. The lowest BCUT2D eigenvalue weighted by molar-refractivity contribution is -0.116. The van der Waals surface area contributed by atoms with Gasteiger partial charge in [-0.1, -0.05) is 6.07 Å². The Hall–Kier alpha value is -2.56. The minimum Gasteiger partial charge on any atom is -0.454 e. The molecule has 4 nitrogen and oxygen atoms in total. The lowest BCUT2D eigenvalue weighted by Gasteiger charge is -2.06. The van der Waals surface area contributed by atoms with Crippen LogP contribution in [-0.4, -0.2) is 12.7 Å². The van der Waals surface area contributed by atoms with Crippen LogP contribution in [0.25, 0.3) is 0 Å². The molecular weight excluding hydrogens is 273 g/mol. The summed E-state index contributed by atoms with van der Waals surface area (Å²) in [6.45, 7) is 0.240. The van der Waals surface area contributed by atoms with Crippen LogP contribution in [-0.2, 0) is 11.2 Å². The van der Waals surface area contributed by atoms with Crippen molar-refractivity contribution in [2.24, 2.45) is 0 Å². The van der Waals surface area contributed by atoms with E-state index >= 15 is 0 Å². The van der Waals surface area contributed by atoms with E-state index in [1.165, 1.54) is 24.3 Å². The highest BCUT2D eigenvalue weighted by Gasteiger charge is 2.13. The van der Waals surface area contributed by atoms with Crippen molar-refractivity contribution in [1.29, 1.82) is 0 Å². The highest BCUT2D eigenvalue weighted by atomic mass is 19.1. The van der Waals surface area contributed by atoms with E-state index in [1.54, 1.807) is 0 Å². The van der Waals surface area contributed by atoms with Crippen molar-refractivity contribution in [2.45, 2.75) is 12.8 Å².